The molecule has 1 fully saturated rings. The topological polar surface area (TPSA) is 85.8 Å². The van der Waals surface area contributed by atoms with Gasteiger partial charge in [0.2, 0.25) is 0 Å². The van der Waals surface area contributed by atoms with Crippen LogP contribution in [0.5, 0.6) is 5.75 Å². The van der Waals surface area contributed by atoms with E-state index in [4.69, 9.17) is 9.47 Å². The van der Waals surface area contributed by atoms with E-state index in [0.717, 1.165) is 23.1 Å². The fourth-order valence-corrected chi connectivity index (χ4v) is 5.68. The van der Waals surface area contributed by atoms with Crippen molar-refractivity contribution in [2.75, 3.05) is 30.9 Å². The van der Waals surface area contributed by atoms with Crippen molar-refractivity contribution < 1.29 is 22.7 Å². The van der Waals surface area contributed by atoms with Gasteiger partial charge in [-0.2, -0.15) is 0 Å². The zero-order valence-corrected chi connectivity index (χ0v) is 19.0. The standard InChI is InChI=1S/C22H24N2O5S2/c1-3-31(26,27)20-9-5-4-8-17(20)21(25)24(14-16-7-6-12-29-16)22-23-18-11-10-15(28-2)13-19(18)30-22/h4-5,8-11,13,16H,3,6-7,12,14H2,1-2H3. The highest BCUT2D eigenvalue weighted by molar-refractivity contribution is 7.91. The van der Waals surface area contributed by atoms with Gasteiger partial charge in [0, 0.05) is 6.61 Å². The van der Waals surface area contributed by atoms with Gasteiger partial charge in [0.25, 0.3) is 5.91 Å². The first kappa shape index (κ1) is 21.7. The fraction of sp³-hybridized carbons (Fsp3) is 0.364. The molecule has 7 nitrogen and oxygen atoms in total. The molecular weight excluding hydrogens is 436 g/mol. The van der Waals surface area contributed by atoms with E-state index in [9.17, 15) is 13.2 Å². The second-order valence-corrected chi connectivity index (χ2v) is 10.5. The molecule has 0 saturated carbocycles. The lowest BCUT2D eigenvalue weighted by atomic mass is 10.1. The van der Waals surface area contributed by atoms with Crippen LogP contribution in [0.4, 0.5) is 5.13 Å². The molecule has 164 valence electrons. The summed E-state index contributed by atoms with van der Waals surface area (Å²) >= 11 is 1.37. The lowest BCUT2D eigenvalue weighted by Gasteiger charge is -2.24. The van der Waals surface area contributed by atoms with Gasteiger partial charge in [-0.3, -0.25) is 9.69 Å². The van der Waals surface area contributed by atoms with Crippen LogP contribution in [0.3, 0.4) is 0 Å². The van der Waals surface area contributed by atoms with Gasteiger partial charge in [0.1, 0.15) is 5.75 Å². The summed E-state index contributed by atoms with van der Waals surface area (Å²) in [6.07, 6.45) is 1.67. The van der Waals surface area contributed by atoms with Crippen molar-refractivity contribution >= 4 is 42.4 Å². The maximum Gasteiger partial charge on any atom is 0.261 e. The van der Waals surface area contributed by atoms with Crippen molar-refractivity contribution in [2.24, 2.45) is 0 Å². The molecule has 2 aromatic carbocycles. The van der Waals surface area contributed by atoms with Crippen LogP contribution in [0.2, 0.25) is 0 Å². The Balaban J connectivity index is 1.78. The maximum absolute atomic E-state index is 13.7. The number of aromatic nitrogens is 1. The number of hydrogen-bond acceptors (Lipinski definition) is 7. The second-order valence-electron chi connectivity index (χ2n) is 7.28. The Kier molecular flexibility index (Phi) is 6.27. The number of carbonyl (C=O) groups excluding carboxylic acids is 1. The molecule has 0 radical (unpaired) electrons. The highest BCUT2D eigenvalue weighted by Crippen LogP contribution is 2.33. The molecule has 1 aromatic heterocycles. The SMILES string of the molecule is CCS(=O)(=O)c1ccccc1C(=O)N(CC1CCCO1)c1nc2ccc(OC)cc2s1. The number of amides is 1. The summed E-state index contributed by atoms with van der Waals surface area (Å²) in [6.45, 7) is 2.54. The molecule has 2 heterocycles. The number of benzene rings is 2. The molecule has 0 bridgehead atoms. The van der Waals surface area contributed by atoms with Crippen molar-refractivity contribution in [1.82, 2.24) is 4.98 Å². The molecule has 1 amide bonds. The largest absolute Gasteiger partial charge is 0.497 e. The summed E-state index contributed by atoms with van der Waals surface area (Å²) in [6, 6.07) is 11.9. The molecule has 1 saturated heterocycles. The smallest absolute Gasteiger partial charge is 0.261 e. The Morgan fingerprint density at radius 2 is 2.10 bits per heavy atom. The van der Waals surface area contributed by atoms with E-state index in [2.05, 4.69) is 4.98 Å². The summed E-state index contributed by atoms with van der Waals surface area (Å²) in [5, 5.41) is 0.507. The van der Waals surface area contributed by atoms with Crippen molar-refractivity contribution in [3.8, 4) is 5.75 Å². The molecule has 31 heavy (non-hydrogen) atoms. The minimum absolute atomic E-state index is 0.0441. The van der Waals surface area contributed by atoms with Gasteiger partial charge in [-0.05, 0) is 43.2 Å². The molecule has 9 heteroatoms. The first-order valence-electron chi connectivity index (χ1n) is 10.1. The first-order chi connectivity index (χ1) is 14.9. The number of hydrogen-bond donors (Lipinski definition) is 0. The maximum atomic E-state index is 13.7. The van der Waals surface area contributed by atoms with E-state index in [1.54, 1.807) is 37.1 Å². The van der Waals surface area contributed by atoms with Gasteiger partial charge in [0.05, 0.1) is 46.2 Å². The Bertz CT molecular complexity index is 1200. The zero-order valence-electron chi connectivity index (χ0n) is 17.4. The summed E-state index contributed by atoms with van der Waals surface area (Å²) in [4.78, 5) is 19.9. The third-order valence-electron chi connectivity index (χ3n) is 5.30. The molecule has 3 aromatic rings. The Labute approximate surface area is 185 Å². The second kappa shape index (κ2) is 8.94. The van der Waals surface area contributed by atoms with Gasteiger partial charge in [-0.1, -0.05) is 30.4 Å². The van der Waals surface area contributed by atoms with E-state index in [0.29, 0.717) is 24.0 Å². The van der Waals surface area contributed by atoms with E-state index in [-0.39, 0.29) is 22.3 Å². The van der Waals surface area contributed by atoms with E-state index in [1.807, 2.05) is 18.2 Å². The molecule has 1 aliphatic heterocycles. The fourth-order valence-electron chi connectivity index (χ4n) is 3.59. The van der Waals surface area contributed by atoms with Crippen molar-refractivity contribution in [2.45, 2.75) is 30.8 Å². The van der Waals surface area contributed by atoms with Gasteiger partial charge in [-0.25, -0.2) is 13.4 Å². The lowest BCUT2D eigenvalue weighted by molar-refractivity contribution is 0.0915. The number of anilines is 1. The monoisotopic (exact) mass is 460 g/mol. The number of sulfone groups is 1. The van der Waals surface area contributed by atoms with Crippen LogP contribution in [0, 0.1) is 0 Å². The van der Waals surface area contributed by atoms with Crippen molar-refractivity contribution in [3.05, 3.63) is 48.0 Å². The molecule has 4 rings (SSSR count). The van der Waals surface area contributed by atoms with Crippen molar-refractivity contribution in [1.29, 1.82) is 0 Å². The Morgan fingerprint density at radius 1 is 1.29 bits per heavy atom. The normalized spacial score (nSPS) is 16.5. The number of nitrogens with zero attached hydrogens (tertiary/aromatic N) is 2. The van der Waals surface area contributed by atoms with Crippen LogP contribution in [-0.4, -0.2) is 51.4 Å². The minimum atomic E-state index is -3.56. The van der Waals surface area contributed by atoms with Crippen molar-refractivity contribution in [3.63, 3.8) is 0 Å². The summed E-state index contributed by atoms with van der Waals surface area (Å²) < 4.78 is 37.2. The third kappa shape index (κ3) is 4.44. The lowest BCUT2D eigenvalue weighted by Crippen LogP contribution is -2.38. The minimum Gasteiger partial charge on any atom is -0.497 e. The molecular formula is C22H24N2O5S2. The third-order valence-corrected chi connectivity index (χ3v) is 8.13. The molecule has 0 spiro atoms. The van der Waals surface area contributed by atoms with Gasteiger partial charge in [-0.15, -0.1) is 0 Å². The van der Waals surface area contributed by atoms with Crippen LogP contribution < -0.4 is 9.64 Å². The van der Waals surface area contributed by atoms with Crippen LogP contribution in [-0.2, 0) is 14.6 Å². The highest BCUT2D eigenvalue weighted by Gasteiger charge is 2.30. The molecule has 1 atom stereocenters. The average Bonchev–Trinajstić information content (AvgIpc) is 3.45. The number of ether oxygens (including phenoxy) is 2. The van der Waals surface area contributed by atoms with E-state index >= 15 is 0 Å². The van der Waals surface area contributed by atoms with Crippen LogP contribution in [0.1, 0.15) is 30.1 Å². The number of thiazole rings is 1. The summed E-state index contributed by atoms with van der Waals surface area (Å²) in [5.74, 6) is 0.234. The highest BCUT2D eigenvalue weighted by atomic mass is 32.2. The van der Waals surface area contributed by atoms with Gasteiger partial charge >= 0.3 is 0 Å². The molecule has 0 N–H and O–H groups in total. The van der Waals surface area contributed by atoms with Crippen LogP contribution >= 0.6 is 11.3 Å². The predicted octanol–water partition coefficient (Wildman–Crippen LogP) is 3.92. The quantitative estimate of drug-likeness (QED) is 0.531. The van der Waals surface area contributed by atoms with Crippen LogP contribution in [0.15, 0.2) is 47.4 Å². The molecule has 1 aliphatic rings. The van der Waals surface area contributed by atoms with E-state index in [1.165, 1.54) is 17.4 Å². The van der Waals surface area contributed by atoms with Gasteiger partial charge < -0.3 is 9.47 Å². The summed E-state index contributed by atoms with van der Waals surface area (Å²) in [5.41, 5.74) is 0.902. The Hall–Kier alpha value is -2.49. The first-order valence-corrected chi connectivity index (χ1v) is 12.6. The number of methoxy groups -OCH3 is 1. The van der Waals surface area contributed by atoms with E-state index < -0.39 is 15.7 Å². The molecule has 0 aliphatic carbocycles. The number of fused-ring (bicyclic) bond motifs is 1. The zero-order chi connectivity index (χ0) is 22.0. The predicted molar refractivity (Wildman–Crippen MR) is 121 cm³/mol. The number of rotatable bonds is 7. The average molecular weight is 461 g/mol. The number of carbonyl (C=O) groups is 1. The van der Waals surface area contributed by atoms with Gasteiger partial charge in [0.15, 0.2) is 15.0 Å². The summed E-state index contributed by atoms with van der Waals surface area (Å²) in [7, 11) is -1.96. The van der Waals surface area contributed by atoms with Crippen LogP contribution in [0.25, 0.3) is 10.2 Å². The Morgan fingerprint density at radius 3 is 2.81 bits per heavy atom. The molecule has 1 unspecified atom stereocenters.